The van der Waals surface area contributed by atoms with E-state index in [1.54, 1.807) is 26.1 Å². The summed E-state index contributed by atoms with van der Waals surface area (Å²) in [7, 11) is 5.25. The Balaban J connectivity index is 0.936. The van der Waals surface area contributed by atoms with Crippen LogP contribution in [0.3, 0.4) is 0 Å². The smallest absolute Gasteiger partial charge is 0.287 e. The third-order valence-electron chi connectivity index (χ3n) is 10.2. The number of carbonyl (C=O) groups excluding carboxylic acids is 3. The van der Waals surface area contributed by atoms with Crippen molar-refractivity contribution < 1.29 is 19.1 Å². The molecule has 254 valence electrons. The van der Waals surface area contributed by atoms with Gasteiger partial charge in [-0.2, -0.15) is 0 Å². The molecule has 3 amide bonds. The molecule has 0 bridgehead atoms. The van der Waals surface area contributed by atoms with Gasteiger partial charge in [-0.25, -0.2) is 4.98 Å². The first-order chi connectivity index (χ1) is 23.7. The van der Waals surface area contributed by atoms with Gasteiger partial charge in [0, 0.05) is 83.0 Å². The highest BCUT2D eigenvalue weighted by atomic mass is 16.5. The number of benzene rings is 3. The number of carbonyl (C=O) groups is 3. The largest absolute Gasteiger partial charge is 0.378 e. The lowest BCUT2D eigenvalue weighted by Gasteiger charge is -2.53. The molecule has 3 heterocycles. The summed E-state index contributed by atoms with van der Waals surface area (Å²) in [5, 5.41) is 5.99. The molecule has 7 rings (SSSR count). The topological polar surface area (TPSA) is 112 Å². The van der Waals surface area contributed by atoms with Crippen molar-refractivity contribution >= 4 is 29.1 Å². The van der Waals surface area contributed by atoms with Crippen molar-refractivity contribution in [2.24, 2.45) is 0 Å². The van der Waals surface area contributed by atoms with Crippen LogP contribution in [0.5, 0.6) is 0 Å². The van der Waals surface area contributed by atoms with Crippen LogP contribution in [-0.4, -0.2) is 84.0 Å². The number of nitrogens with zero attached hydrogens (tertiary/aromatic N) is 5. The minimum absolute atomic E-state index is 0.00263. The summed E-state index contributed by atoms with van der Waals surface area (Å²) < 4.78 is 7.43. The number of fused-ring (bicyclic) bond motifs is 2. The van der Waals surface area contributed by atoms with Crippen LogP contribution in [0.25, 0.3) is 0 Å². The number of hydrogen-bond donors (Lipinski definition) is 2. The second kappa shape index (κ2) is 13.5. The second-order valence-electron chi connectivity index (χ2n) is 13.5. The molecule has 1 aromatic heterocycles. The van der Waals surface area contributed by atoms with Gasteiger partial charge in [-0.1, -0.05) is 24.3 Å². The van der Waals surface area contributed by atoms with Crippen molar-refractivity contribution in [3.8, 4) is 0 Å². The molecule has 2 fully saturated rings. The van der Waals surface area contributed by atoms with Crippen molar-refractivity contribution in [2.45, 2.75) is 50.5 Å². The number of anilines is 2. The molecule has 1 aliphatic carbocycles. The number of imidazole rings is 1. The second-order valence-corrected chi connectivity index (χ2v) is 13.5. The molecular formula is C38H43N7O4. The van der Waals surface area contributed by atoms with Crippen molar-refractivity contribution in [3.05, 3.63) is 113 Å². The summed E-state index contributed by atoms with van der Waals surface area (Å²) in [5.41, 5.74) is 6.09. The molecule has 4 aromatic rings. The summed E-state index contributed by atoms with van der Waals surface area (Å²) in [6.07, 6.45) is 5.34. The van der Waals surface area contributed by atoms with Crippen LogP contribution < -0.4 is 15.5 Å². The van der Waals surface area contributed by atoms with Crippen LogP contribution in [0.1, 0.15) is 67.4 Å². The first-order valence-corrected chi connectivity index (χ1v) is 16.9. The zero-order valence-corrected chi connectivity index (χ0v) is 28.3. The van der Waals surface area contributed by atoms with Crippen LogP contribution in [0.4, 0.5) is 11.4 Å². The Bertz CT molecular complexity index is 1820. The molecule has 1 spiro atoms. The Morgan fingerprint density at radius 3 is 2.18 bits per heavy atom. The van der Waals surface area contributed by atoms with Gasteiger partial charge in [0.15, 0.2) is 5.82 Å². The molecule has 1 saturated carbocycles. The molecule has 0 unspecified atom stereocenters. The van der Waals surface area contributed by atoms with Gasteiger partial charge < -0.3 is 29.7 Å². The minimum atomic E-state index is -0.202. The predicted molar refractivity (Wildman–Crippen MR) is 188 cm³/mol. The van der Waals surface area contributed by atoms with E-state index in [4.69, 9.17) is 4.74 Å². The summed E-state index contributed by atoms with van der Waals surface area (Å²) in [6.45, 7) is 4.34. The molecule has 11 nitrogen and oxygen atoms in total. The van der Waals surface area contributed by atoms with Crippen LogP contribution >= 0.6 is 0 Å². The zero-order valence-electron chi connectivity index (χ0n) is 28.3. The quantitative estimate of drug-likeness (QED) is 0.258. The lowest BCUT2D eigenvalue weighted by atomic mass is 9.72. The van der Waals surface area contributed by atoms with Crippen molar-refractivity contribution in [2.75, 3.05) is 51.1 Å². The number of aromatic nitrogens is 2. The van der Waals surface area contributed by atoms with Gasteiger partial charge in [-0.3, -0.25) is 19.3 Å². The Morgan fingerprint density at radius 2 is 1.55 bits per heavy atom. The van der Waals surface area contributed by atoms with E-state index in [9.17, 15) is 14.4 Å². The monoisotopic (exact) mass is 661 g/mol. The van der Waals surface area contributed by atoms with Crippen LogP contribution in [0.2, 0.25) is 0 Å². The predicted octanol–water partition coefficient (Wildman–Crippen LogP) is 4.50. The standard InChI is InChI=1S/C38H43N7O4/c1-42(2)37(48)29-9-5-27(6-10-29)23-44-19-20-45-33(38(44)17-4-18-38)22-39-34(45)36(47)40-21-26-7-13-30(14-8-26)41-35(46)28-11-15-31(16-12-28)43-24-32(25-43)49-3/h5-16,22,32H,4,17-21,23-25H2,1-3H3,(H,40,47)(H,41,46). The minimum Gasteiger partial charge on any atom is -0.378 e. The molecular weight excluding hydrogens is 618 g/mol. The zero-order chi connectivity index (χ0) is 34.1. The maximum atomic E-state index is 13.4. The number of ether oxygens (including phenoxy) is 1. The van der Waals surface area contributed by atoms with E-state index in [0.717, 1.165) is 67.9 Å². The van der Waals surface area contributed by atoms with Gasteiger partial charge >= 0.3 is 0 Å². The van der Waals surface area contributed by atoms with Crippen LogP contribution in [0.15, 0.2) is 79.0 Å². The number of nitrogens with one attached hydrogen (secondary N) is 2. The molecule has 2 aliphatic heterocycles. The molecule has 2 N–H and O–H groups in total. The first-order valence-electron chi connectivity index (χ1n) is 16.9. The normalized spacial score (nSPS) is 16.8. The fourth-order valence-electron chi connectivity index (χ4n) is 7.09. The SMILES string of the molecule is COC1CN(c2ccc(C(=O)Nc3ccc(CNC(=O)c4ncc5n4CCN(Cc4ccc(C(=O)N(C)C)cc4)C54CCC4)cc3)cc2)C1. The van der Waals surface area contributed by atoms with E-state index < -0.39 is 0 Å². The van der Waals surface area contributed by atoms with Gasteiger partial charge in [-0.15, -0.1) is 0 Å². The number of rotatable bonds is 10. The van der Waals surface area contributed by atoms with E-state index in [2.05, 4.69) is 30.0 Å². The average molecular weight is 662 g/mol. The van der Waals surface area contributed by atoms with E-state index in [-0.39, 0.29) is 29.4 Å². The Morgan fingerprint density at radius 1 is 0.878 bits per heavy atom. The molecule has 0 atom stereocenters. The van der Waals surface area contributed by atoms with Crippen molar-refractivity contribution in [3.63, 3.8) is 0 Å². The van der Waals surface area contributed by atoms with E-state index in [1.165, 1.54) is 0 Å². The van der Waals surface area contributed by atoms with Gasteiger partial charge in [0.2, 0.25) is 0 Å². The van der Waals surface area contributed by atoms with Gasteiger partial charge in [0.1, 0.15) is 0 Å². The summed E-state index contributed by atoms with van der Waals surface area (Å²) >= 11 is 0. The lowest BCUT2D eigenvalue weighted by Crippen LogP contribution is -2.56. The van der Waals surface area contributed by atoms with E-state index in [1.807, 2.05) is 79.0 Å². The fourth-order valence-corrected chi connectivity index (χ4v) is 7.09. The van der Waals surface area contributed by atoms with E-state index in [0.29, 0.717) is 35.7 Å². The van der Waals surface area contributed by atoms with Crippen LogP contribution in [-0.2, 0) is 29.9 Å². The van der Waals surface area contributed by atoms with Gasteiger partial charge in [0.05, 0.1) is 23.5 Å². The van der Waals surface area contributed by atoms with Gasteiger partial charge in [0.25, 0.3) is 17.7 Å². The Kier molecular flexibility index (Phi) is 8.96. The Labute approximate surface area is 286 Å². The van der Waals surface area contributed by atoms with Crippen molar-refractivity contribution in [1.29, 1.82) is 0 Å². The summed E-state index contributed by atoms with van der Waals surface area (Å²) in [5.74, 6) is 0.0616. The summed E-state index contributed by atoms with van der Waals surface area (Å²) in [6, 6.07) is 23.0. The Hall–Kier alpha value is -5.00. The molecule has 3 aromatic carbocycles. The molecule has 11 heteroatoms. The van der Waals surface area contributed by atoms with Crippen LogP contribution in [0, 0.1) is 0 Å². The highest BCUT2D eigenvalue weighted by Gasteiger charge is 2.49. The first kappa shape index (κ1) is 32.5. The van der Waals surface area contributed by atoms with Crippen molar-refractivity contribution in [1.82, 2.24) is 24.7 Å². The third kappa shape index (κ3) is 6.43. The highest BCUT2D eigenvalue weighted by molar-refractivity contribution is 6.04. The molecule has 0 radical (unpaired) electrons. The maximum absolute atomic E-state index is 13.4. The average Bonchev–Trinajstić information content (AvgIpc) is 3.51. The third-order valence-corrected chi connectivity index (χ3v) is 10.2. The number of methoxy groups -OCH3 is 1. The molecule has 49 heavy (non-hydrogen) atoms. The highest BCUT2D eigenvalue weighted by Crippen LogP contribution is 2.49. The van der Waals surface area contributed by atoms with Gasteiger partial charge in [-0.05, 0) is 78.9 Å². The fraction of sp³-hybridized carbons (Fsp3) is 0.368. The van der Waals surface area contributed by atoms with E-state index >= 15 is 0 Å². The summed E-state index contributed by atoms with van der Waals surface area (Å²) in [4.78, 5) is 49.4. The number of hydrogen-bond acceptors (Lipinski definition) is 7. The maximum Gasteiger partial charge on any atom is 0.287 e. The lowest BCUT2D eigenvalue weighted by molar-refractivity contribution is -0.0217. The molecule has 1 saturated heterocycles. The molecule has 3 aliphatic rings. The number of amides is 3.